The van der Waals surface area contributed by atoms with E-state index in [0.29, 0.717) is 12.8 Å². The first-order valence-electron chi connectivity index (χ1n) is 8.99. The van der Waals surface area contributed by atoms with Crippen LogP contribution in [0.3, 0.4) is 0 Å². The Balaban J connectivity index is 2.57. The Bertz CT molecular complexity index is 523. The van der Waals surface area contributed by atoms with Crippen molar-refractivity contribution in [2.75, 3.05) is 6.26 Å². The van der Waals surface area contributed by atoms with Gasteiger partial charge in [-0.3, -0.25) is 4.18 Å². The second-order valence-electron chi connectivity index (χ2n) is 7.23. The molecular formula is C19H34O4S. The van der Waals surface area contributed by atoms with E-state index in [9.17, 15) is 8.42 Å². The molecule has 0 bridgehead atoms. The van der Waals surface area contributed by atoms with Gasteiger partial charge in [0.05, 0.1) is 24.6 Å². The standard InChI is InChI=1S/C19H34O4S/c1-7-8-9-17-13-16(5)19(22-17)11-10-18(23-24(6,20)21)12-15(4)14(2)3/h15,17-19H,2,5,7-13H2,1,3-4,6H3/t15?,17-,18?,19?/m0/s1. The molecule has 0 aromatic carbocycles. The topological polar surface area (TPSA) is 52.6 Å². The van der Waals surface area contributed by atoms with Crippen LogP contribution in [0.25, 0.3) is 0 Å². The van der Waals surface area contributed by atoms with Crippen molar-refractivity contribution in [2.24, 2.45) is 5.92 Å². The van der Waals surface area contributed by atoms with Crippen molar-refractivity contribution >= 4 is 10.1 Å². The number of rotatable bonds is 11. The average Bonchev–Trinajstić information content (AvgIpc) is 2.81. The Morgan fingerprint density at radius 1 is 1.42 bits per heavy atom. The molecule has 0 aliphatic carbocycles. The average molecular weight is 359 g/mol. The van der Waals surface area contributed by atoms with Gasteiger partial charge < -0.3 is 4.74 Å². The molecule has 4 atom stereocenters. The van der Waals surface area contributed by atoms with Gasteiger partial charge in [-0.1, -0.05) is 45.4 Å². The van der Waals surface area contributed by atoms with E-state index < -0.39 is 10.1 Å². The summed E-state index contributed by atoms with van der Waals surface area (Å²) in [5, 5.41) is 0. The first kappa shape index (κ1) is 21.4. The van der Waals surface area contributed by atoms with Crippen molar-refractivity contribution in [2.45, 2.75) is 84.0 Å². The second kappa shape index (κ2) is 9.73. The monoisotopic (exact) mass is 358 g/mol. The zero-order valence-corrected chi connectivity index (χ0v) is 16.5. The van der Waals surface area contributed by atoms with Gasteiger partial charge in [0.15, 0.2) is 0 Å². The molecule has 24 heavy (non-hydrogen) atoms. The summed E-state index contributed by atoms with van der Waals surface area (Å²) in [4.78, 5) is 0. The van der Waals surface area contributed by atoms with Gasteiger partial charge in [0.1, 0.15) is 0 Å². The third-order valence-corrected chi connectivity index (χ3v) is 5.32. The van der Waals surface area contributed by atoms with Gasteiger partial charge in [-0.2, -0.15) is 8.42 Å². The summed E-state index contributed by atoms with van der Waals surface area (Å²) in [5.41, 5.74) is 2.17. The molecule has 0 aromatic rings. The summed E-state index contributed by atoms with van der Waals surface area (Å²) >= 11 is 0. The van der Waals surface area contributed by atoms with Crippen molar-refractivity contribution < 1.29 is 17.3 Å². The van der Waals surface area contributed by atoms with Gasteiger partial charge >= 0.3 is 0 Å². The van der Waals surface area contributed by atoms with Crippen molar-refractivity contribution in [1.29, 1.82) is 0 Å². The normalized spacial score (nSPS) is 24.1. The predicted molar refractivity (Wildman–Crippen MR) is 99.5 cm³/mol. The third-order valence-electron chi connectivity index (χ3n) is 4.70. The quantitative estimate of drug-likeness (QED) is 0.399. The fraction of sp³-hybridized carbons (Fsp3) is 0.789. The minimum Gasteiger partial charge on any atom is -0.370 e. The fourth-order valence-electron chi connectivity index (χ4n) is 3.06. The lowest BCUT2D eigenvalue weighted by Crippen LogP contribution is -2.23. The lowest BCUT2D eigenvalue weighted by Gasteiger charge is -2.22. The number of hydrogen-bond acceptors (Lipinski definition) is 4. The van der Waals surface area contributed by atoms with Gasteiger partial charge in [0.2, 0.25) is 0 Å². The van der Waals surface area contributed by atoms with E-state index in [2.05, 4.69) is 20.1 Å². The Morgan fingerprint density at radius 3 is 2.62 bits per heavy atom. The first-order valence-corrected chi connectivity index (χ1v) is 10.8. The Kier molecular flexibility index (Phi) is 8.68. The van der Waals surface area contributed by atoms with Crippen molar-refractivity contribution in [3.8, 4) is 0 Å². The third kappa shape index (κ3) is 7.95. The van der Waals surface area contributed by atoms with Crippen LogP contribution in [0.1, 0.15) is 65.7 Å². The molecule has 1 saturated heterocycles. The molecule has 1 rings (SSSR count). The van der Waals surface area contributed by atoms with Crippen LogP contribution in [0.4, 0.5) is 0 Å². The number of allylic oxidation sites excluding steroid dienone is 1. The van der Waals surface area contributed by atoms with E-state index >= 15 is 0 Å². The molecule has 1 aliphatic rings. The fourth-order valence-corrected chi connectivity index (χ4v) is 3.73. The maximum absolute atomic E-state index is 11.5. The van der Waals surface area contributed by atoms with Crippen LogP contribution in [0.5, 0.6) is 0 Å². The molecule has 1 heterocycles. The van der Waals surface area contributed by atoms with Gasteiger partial charge in [0.25, 0.3) is 10.1 Å². The summed E-state index contributed by atoms with van der Waals surface area (Å²) in [6.45, 7) is 14.3. The highest BCUT2D eigenvalue weighted by Crippen LogP contribution is 2.31. The molecule has 1 aliphatic heterocycles. The van der Waals surface area contributed by atoms with E-state index in [-0.39, 0.29) is 24.2 Å². The summed E-state index contributed by atoms with van der Waals surface area (Å²) in [6.07, 6.45) is 7.45. The Labute approximate surface area is 148 Å². The van der Waals surface area contributed by atoms with E-state index in [0.717, 1.165) is 36.7 Å². The zero-order valence-electron chi connectivity index (χ0n) is 15.7. The van der Waals surface area contributed by atoms with Crippen molar-refractivity contribution in [3.63, 3.8) is 0 Å². The van der Waals surface area contributed by atoms with E-state index in [1.165, 1.54) is 12.8 Å². The van der Waals surface area contributed by atoms with Crippen LogP contribution in [0.15, 0.2) is 24.3 Å². The summed E-state index contributed by atoms with van der Waals surface area (Å²) in [6, 6.07) is 0. The lowest BCUT2D eigenvalue weighted by atomic mass is 9.93. The number of hydrogen-bond donors (Lipinski definition) is 0. The summed E-state index contributed by atoms with van der Waals surface area (Å²) in [5.74, 6) is 0.224. The molecule has 3 unspecified atom stereocenters. The van der Waals surface area contributed by atoms with Crippen LogP contribution in [0, 0.1) is 5.92 Å². The highest BCUT2D eigenvalue weighted by molar-refractivity contribution is 7.86. The molecule has 0 N–H and O–H groups in total. The zero-order chi connectivity index (χ0) is 18.3. The van der Waals surface area contributed by atoms with Gasteiger partial charge in [-0.25, -0.2) is 0 Å². The highest BCUT2D eigenvalue weighted by atomic mass is 32.2. The number of unbranched alkanes of at least 4 members (excludes halogenated alkanes) is 1. The van der Waals surface area contributed by atoms with Gasteiger partial charge in [-0.05, 0) is 50.5 Å². The summed E-state index contributed by atoms with van der Waals surface area (Å²) < 4.78 is 34.4. The molecule has 0 saturated carbocycles. The van der Waals surface area contributed by atoms with E-state index in [4.69, 9.17) is 8.92 Å². The lowest BCUT2D eigenvalue weighted by molar-refractivity contribution is 0.0341. The highest BCUT2D eigenvalue weighted by Gasteiger charge is 2.29. The Hall–Kier alpha value is -0.650. The minimum absolute atomic E-state index is 0.0256. The molecule has 0 spiro atoms. The van der Waals surface area contributed by atoms with Crippen LogP contribution in [-0.2, 0) is 19.0 Å². The molecule has 4 nitrogen and oxygen atoms in total. The molecular weight excluding hydrogens is 324 g/mol. The summed E-state index contributed by atoms with van der Waals surface area (Å²) in [7, 11) is -3.47. The number of ether oxygens (including phenoxy) is 1. The van der Waals surface area contributed by atoms with Crippen LogP contribution in [0.2, 0.25) is 0 Å². The minimum atomic E-state index is -3.47. The smallest absolute Gasteiger partial charge is 0.264 e. The molecule has 0 amide bonds. The van der Waals surface area contributed by atoms with Gasteiger partial charge in [0, 0.05) is 0 Å². The predicted octanol–water partition coefficient (Wildman–Crippen LogP) is 4.62. The van der Waals surface area contributed by atoms with Gasteiger partial charge in [-0.15, -0.1) is 0 Å². The molecule has 0 radical (unpaired) electrons. The van der Waals surface area contributed by atoms with E-state index in [1.54, 1.807) is 0 Å². The van der Waals surface area contributed by atoms with Crippen LogP contribution < -0.4 is 0 Å². The molecule has 5 heteroatoms. The first-order chi connectivity index (χ1) is 11.1. The maximum Gasteiger partial charge on any atom is 0.264 e. The Morgan fingerprint density at radius 2 is 2.08 bits per heavy atom. The van der Waals surface area contributed by atoms with Crippen LogP contribution >= 0.6 is 0 Å². The maximum atomic E-state index is 11.5. The SMILES string of the molecule is C=C(C)C(C)CC(CCC1O[C@@H](CCCC)CC1=C)OS(C)(=O)=O. The largest absolute Gasteiger partial charge is 0.370 e. The van der Waals surface area contributed by atoms with Crippen molar-refractivity contribution in [1.82, 2.24) is 0 Å². The molecule has 0 aromatic heterocycles. The molecule has 1 fully saturated rings. The van der Waals surface area contributed by atoms with E-state index in [1.807, 2.05) is 13.8 Å². The molecule has 140 valence electrons. The van der Waals surface area contributed by atoms with Crippen molar-refractivity contribution in [3.05, 3.63) is 24.3 Å². The van der Waals surface area contributed by atoms with Crippen LogP contribution in [-0.4, -0.2) is 33.0 Å². The second-order valence-corrected chi connectivity index (χ2v) is 8.83.